The molecule has 0 unspecified atom stereocenters. The minimum Gasteiger partial charge on any atom is -0.394 e. The molecule has 0 bridgehead atoms. The lowest BCUT2D eigenvalue weighted by Gasteiger charge is -2.31. The number of carbonyl (C=O) groups is 1. The third-order valence-corrected chi connectivity index (χ3v) is 3.45. The van der Waals surface area contributed by atoms with E-state index in [1.54, 1.807) is 17.2 Å². The summed E-state index contributed by atoms with van der Waals surface area (Å²) in [6, 6.07) is 3.58. The number of aliphatic hydroxyl groups is 1. The molecule has 6 heteroatoms. The van der Waals surface area contributed by atoms with Crippen molar-refractivity contribution < 1.29 is 14.6 Å². The van der Waals surface area contributed by atoms with Gasteiger partial charge in [0.1, 0.15) is 5.69 Å². The number of nitrogens with one attached hydrogen (secondary N) is 1. The highest BCUT2D eigenvalue weighted by molar-refractivity contribution is 5.92. The van der Waals surface area contributed by atoms with Crippen LogP contribution in [0.2, 0.25) is 0 Å². The molecular formula is C14H21N3O3. The van der Waals surface area contributed by atoms with Crippen LogP contribution in [0, 0.1) is 0 Å². The Hall–Kier alpha value is -1.66. The summed E-state index contributed by atoms with van der Waals surface area (Å²) in [6.45, 7) is 1.75. The first-order valence-electron chi connectivity index (χ1n) is 6.90. The van der Waals surface area contributed by atoms with Crippen LogP contribution in [0.25, 0.3) is 0 Å². The van der Waals surface area contributed by atoms with E-state index in [2.05, 4.69) is 10.3 Å². The topological polar surface area (TPSA) is 74.7 Å². The van der Waals surface area contributed by atoms with Gasteiger partial charge in [-0.2, -0.15) is 0 Å². The van der Waals surface area contributed by atoms with Gasteiger partial charge in [-0.15, -0.1) is 0 Å². The molecule has 110 valence electrons. The minimum absolute atomic E-state index is 0.0340. The zero-order valence-electron chi connectivity index (χ0n) is 11.7. The summed E-state index contributed by atoms with van der Waals surface area (Å²) < 4.78 is 5.48. The lowest BCUT2D eigenvalue weighted by atomic mass is 10.1. The zero-order valence-corrected chi connectivity index (χ0v) is 11.7. The molecule has 2 rings (SSSR count). The maximum absolute atomic E-state index is 12.3. The third-order valence-electron chi connectivity index (χ3n) is 3.45. The van der Waals surface area contributed by atoms with Crippen LogP contribution in [0.5, 0.6) is 0 Å². The van der Waals surface area contributed by atoms with E-state index in [4.69, 9.17) is 9.84 Å². The van der Waals surface area contributed by atoms with E-state index in [9.17, 15) is 4.79 Å². The summed E-state index contributed by atoms with van der Waals surface area (Å²) in [4.78, 5) is 18.3. The molecule has 0 spiro atoms. The van der Waals surface area contributed by atoms with Crippen molar-refractivity contribution in [1.82, 2.24) is 9.88 Å². The average Bonchev–Trinajstić information content (AvgIpc) is 2.53. The van der Waals surface area contributed by atoms with Crippen LogP contribution in [0.1, 0.15) is 23.3 Å². The molecular weight excluding hydrogens is 258 g/mol. The fraction of sp³-hybridized carbons (Fsp3) is 0.571. The van der Waals surface area contributed by atoms with Crippen molar-refractivity contribution in [3.05, 3.63) is 24.0 Å². The predicted octanol–water partition coefficient (Wildman–Crippen LogP) is 0.737. The molecule has 1 aliphatic rings. The molecule has 0 aromatic carbocycles. The first-order chi connectivity index (χ1) is 9.74. The number of hydrogen-bond acceptors (Lipinski definition) is 5. The van der Waals surface area contributed by atoms with Gasteiger partial charge in [-0.05, 0) is 25.0 Å². The molecule has 1 aliphatic heterocycles. The second kappa shape index (κ2) is 7.21. The van der Waals surface area contributed by atoms with Gasteiger partial charge in [0, 0.05) is 20.1 Å². The highest BCUT2D eigenvalue weighted by atomic mass is 16.5. The summed E-state index contributed by atoms with van der Waals surface area (Å²) in [7, 11) is 1.82. The van der Waals surface area contributed by atoms with Crippen LogP contribution < -0.4 is 5.32 Å². The van der Waals surface area contributed by atoms with E-state index in [1.165, 1.54) is 0 Å². The number of nitrogens with zero attached hydrogens (tertiary/aromatic N) is 2. The maximum Gasteiger partial charge on any atom is 0.272 e. The Morgan fingerprint density at radius 1 is 1.50 bits per heavy atom. The molecule has 1 saturated heterocycles. The van der Waals surface area contributed by atoms with Crippen LogP contribution >= 0.6 is 0 Å². The van der Waals surface area contributed by atoms with Crippen LogP contribution in [0.15, 0.2) is 18.3 Å². The lowest BCUT2D eigenvalue weighted by molar-refractivity contribution is -0.00564. The second-order valence-electron chi connectivity index (χ2n) is 4.77. The Bertz CT molecular complexity index is 428. The number of pyridine rings is 1. The van der Waals surface area contributed by atoms with E-state index >= 15 is 0 Å². The second-order valence-corrected chi connectivity index (χ2v) is 4.77. The number of ether oxygens (including phenoxy) is 1. The van der Waals surface area contributed by atoms with Crippen LogP contribution in [-0.2, 0) is 4.74 Å². The van der Waals surface area contributed by atoms with Crippen molar-refractivity contribution in [3.8, 4) is 0 Å². The van der Waals surface area contributed by atoms with Crippen molar-refractivity contribution in [3.63, 3.8) is 0 Å². The molecule has 0 atom stereocenters. The predicted molar refractivity (Wildman–Crippen MR) is 75.7 cm³/mol. The maximum atomic E-state index is 12.3. The Morgan fingerprint density at radius 3 is 2.80 bits per heavy atom. The average molecular weight is 279 g/mol. The lowest BCUT2D eigenvalue weighted by Crippen LogP contribution is -2.41. The normalized spacial score (nSPS) is 16.2. The zero-order chi connectivity index (χ0) is 14.4. The number of likely N-dealkylation sites (tertiary alicyclic amines) is 1. The summed E-state index contributed by atoms with van der Waals surface area (Å²) in [6.07, 6.45) is 3.41. The molecule has 0 saturated carbocycles. The van der Waals surface area contributed by atoms with Gasteiger partial charge in [0.25, 0.3) is 5.91 Å². The van der Waals surface area contributed by atoms with E-state index in [0.717, 1.165) is 18.5 Å². The Labute approximate surface area is 118 Å². The van der Waals surface area contributed by atoms with Gasteiger partial charge in [0.05, 0.1) is 31.2 Å². The number of rotatable bonds is 5. The molecule has 20 heavy (non-hydrogen) atoms. The summed E-state index contributed by atoms with van der Waals surface area (Å²) >= 11 is 0. The Morgan fingerprint density at radius 2 is 2.25 bits per heavy atom. The molecule has 6 nitrogen and oxygen atoms in total. The van der Waals surface area contributed by atoms with Gasteiger partial charge in [0.2, 0.25) is 0 Å². The number of anilines is 1. The number of aliphatic hydroxyl groups excluding tert-OH is 1. The Kier molecular flexibility index (Phi) is 5.31. The van der Waals surface area contributed by atoms with Crippen molar-refractivity contribution in [2.45, 2.75) is 18.9 Å². The fourth-order valence-corrected chi connectivity index (χ4v) is 2.28. The Balaban J connectivity index is 1.87. The van der Waals surface area contributed by atoms with E-state index < -0.39 is 0 Å². The smallest absolute Gasteiger partial charge is 0.272 e. The third kappa shape index (κ3) is 3.68. The SMILES string of the molecule is CNc1ccc(C(=O)N2CCC(OCCO)CC2)nc1. The van der Waals surface area contributed by atoms with E-state index in [0.29, 0.717) is 25.4 Å². The number of piperidine rings is 1. The molecule has 2 heterocycles. The number of amides is 1. The fourth-order valence-electron chi connectivity index (χ4n) is 2.28. The highest BCUT2D eigenvalue weighted by Crippen LogP contribution is 2.16. The monoisotopic (exact) mass is 279 g/mol. The van der Waals surface area contributed by atoms with Gasteiger partial charge >= 0.3 is 0 Å². The molecule has 0 radical (unpaired) electrons. The number of aromatic nitrogens is 1. The first-order valence-corrected chi connectivity index (χ1v) is 6.90. The molecule has 1 amide bonds. The van der Waals surface area contributed by atoms with E-state index in [1.807, 2.05) is 13.1 Å². The van der Waals surface area contributed by atoms with Gasteiger partial charge in [-0.3, -0.25) is 4.79 Å². The number of hydrogen-bond donors (Lipinski definition) is 2. The quantitative estimate of drug-likeness (QED) is 0.831. The van der Waals surface area contributed by atoms with Crippen molar-refractivity contribution in [2.75, 3.05) is 38.7 Å². The molecule has 2 N–H and O–H groups in total. The molecule has 1 aromatic rings. The summed E-state index contributed by atoms with van der Waals surface area (Å²) in [5.74, 6) is -0.0340. The van der Waals surface area contributed by atoms with Crippen LogP contribution in [-0.4, -0.2) is 60.4 Å². The molecule has 1 fully saturated rings. The van der Waals surface area contributed by atoms with E-state index in [-0.39, 0.29) is 18.6 Å². The minimum atomic E-state index is -0.0340. The molecule has 0 aliphatic carbocycles. The first kappa shape index (κ1) is 14.7. The van der Waals surface area contributed by atoms with Crippen LogP contribution in [0.3, 0.4) is 0 Å². The van der Waals surface area contributed by atoms with Crippen molar-refractivity contribution in [2.24, 2.45) is 0 Å². The number of carbonyl (C=O) groups excluding carboxylic acids is 1. The van der Waals surface area contributed by atoms with Gasteiger partial charge in [-0.1, -0.05) is 0 Å². The largest absolute Gasteiger partial charge is 0.394 e. The van der Waals surface area contributed by atoms with Gasteiger partial charge < -0.3 is 20.1 Å². The van der Waals surface area contributed by atoms with Crippen LogP contribution in [0.4, 0.5) is 5.69 Å². The van der Waals surface area contributed by atoms with Gasteiger partial charge in [-0.25, -0.2) is 4.98 Å². The van der Waals surface area contributed by atoms with Crippen molar-refractivity contribution >= 4 is 11.6 Å². The van der Waals surface area contributed by atoms with Crippen molar-refractivity contribution in [1.29, 1.82) is 0 Å². The summed E-state index contributed by atoms with van der Waals surface area (Å²) in [5, 5.41) is 11.7. The highest BCUT2D eigenvalue weighted by Gasteiger charge is 2.24. The summed E-state index contributed by atoms with van der Waals surface area (Å²) in [5.41, 5.74) is 1.36. The molecule has 1 aromatic heterocycles. The standard InChI is InChI=1S/C14H21N3O3/c1-15-11-2-3-13(16-10-11)14(19)17-6-4-12(5-7-17)20-9-8-18/h2-3,10,12,15,18H,4-9H2,1H3. The van der Waals surface area contributed by atoms with Gasteiger partial charge in [0.15, 0.2) is 0 Å².